The van der Waals surface area contributed by atoms with Gasteiger partial charge >= 0.3 is 11.9 Å². The third-order valence-electron chi connectivity index (χ3n) is 4.93. The zero-order chi connectivity index (χ0) is 18.4. The van der Waals surface area contributed by atoms with Crippen molar-refractivity contribution in [3.8, 4) is 0 Å². The van der Waals surface area contributed by atoms with Crippen LogP contribution in [0.4, 0.5) is 10.1 Å². The van der Waals surface area contributed by atoms with E-state index in [0.29, 0.717) is 0 Å². The number of fused-ring (bicyclic) bond motifs is 2. The van der Waals surface area contributed by atoms with Crippen LogP contribution in [0.5, 0.6) is 0 Å². The molecule has 7 nitrogen and oxygen atoms in total. The minimum atomic E-state index is -1.39. The summed E-state index contributed by atoms with van der Waals surface area (Å²) in [4.78, 5) is 48.3. The Hall–Kier alpha value is -2.77. The number of methoxy groups -OCH3 is 2. The Morgan fingerprint density at radius 1 is 1.24 bits per heavy atom. The highest BCUT2D eigenvalue weighted by Crippen LogP contribution is 2.50. The number of carbonyl (C=O) groups is 4. The number of esters is 2. The lowest BCUT2D eigenvalue weighted by Gasteiger charge is -2.34. The lowest BCUT2D eigenvalue weighted by molar-refractivity contribution is -0.152. The number of Topliss-reactive ketones (excluding diaryl/α,β-unsaturated/α-hetero) is 1. The van der Waals surface area contributed by atoms with E-state index >= 15 is 4.39 Å². The lowest BCUT2D eigenvalue weighted by atomic mass is 9.65. The smallest absolute Gasteiger partial charge is 0.340 e. The van der Waals surface area contributed by atoms with Gasteiger partial charge in [0.25, 0.3) is 0 Å². The summed E-state index contributed by atoms with van der Waals surface area (Å²) in [7, 11) is 2.27. The minimum absolute atomic E-state index is 0.00167. The summed E-state index contributed by atoms with van der Waals surface area (Å²) in [6.45, 7) is 0. The van der Waals surface area contributed by atoms with Gasteiger partial charge in [0, 0.05) is 17.7 Å². The van der Waals surface area contributed by atoms with Crippen molar-refractivity contribution in [1.29, 1.82) is 0 Å². The van der Waals surface area contributed by atoms with Gasteiger partial charge < -0.3 is 14.8 Å². The van der Waals surface area contributed by atoms with Crippen molar-refractivity contribution in [2.75, 3.05) is 19.5 Å². The molecule has 1 heterocycles. The molecule has 1 amide bonds. The minimum Gasteiger partial charge on any atom is -0.468 e. The number of carbonyl (C=O) groups excluding carboxylic acids is 4. The van der Waals surface area contributed by atoms with Gasteiger partial charge in [0.05, 0.1) is 25.2 Å². The van der Waals surface area contributed by atoms with Crippen molar-refractivity contribution >= 4 is 29.3 Å². The topological polar surface area (TPSA) is 98.8 Å². The molecule has 132 valence electrons. The second-order valence-electron chi connectivity index (χ2n) is 6.12. The van der Waals surface area contributed by atoms with Gasteiger partial charge in [-0.2, -0.15) is 0 Å². The average Bonchev–Trinajstić information content (AvgIpc) is 2.88. The van der Waals surface area contributed by atoms with Crippen LogP contribution in [0.25, 0.3) is 0 Å². The molecule has 0 aromatic heterocycles. The molecule has 1 fully saturated rings. The fourth-order valence-electron chi connectivity index (χ4n) is 3.64. The van der Waals surface area contributed by atoms with Gasteiger partial charge in [0.2, 0.25) is 5.91 Å². The molecule has 2 unspecified atom stereocenters. The van der Waals surface area contributed by atoms with Crippen molar-refractivity contribution in [2.45, 2.75) is 24.7 Å². The van der Waals surface area contributed by atoms with Crippen LogP contribution in [0.2, 0.25) is 0 Å². The maximum atomic E-state index is 15.0. The van der Waals surface area contributed by atoms with Crippen molar-refractivity contribution < 1.29 is 33.0 Å². The number of hydrogen-bond donors (Lipinski definition) is 1. The molecule has 0 bridgehead atoms. The van der Waals surface area contributed by atoms with E-state index in [1.807, 2.05) is 0 Å². The number of benzene rings is 1. The Labute approximate surface area is 142 Å². The van der Waals surface area contributed by atoms with Crippen LogP contribution >= 0.6 is 0 Å². The normalized spacial score (nSPS) is 24.7. The Balaban J connectivity index is 2.13. The number of hydrogen-bond acceptors (Lipinski definition) is 6. The number of anilines is 1. The zero-order valence-electron chi connectivity index (χ0n) is 13.7. The molecule has 25 heavy (non-hydrogen) atoms. The van der Waals surface area contributed by atoms with Gasteiger partial charge in [-0.15, -0.1) is 0 Å². The molecule has 1 aromatic carbocycles. The van der Waals surface area contributed by atoms with Crippen LogP contribution in [0.3, 0.4) is 0 Å². The van der Waals surface area contributed by atoms with Crippen molar-refractivity contribution in [2.24, 2.45) is 5.92 Å². The summed E-state index contributed by atoms with van der Waals surface area (Å²) in [6.07, 6.45) is -0.201. The summed E-state index contributed by atoms with van der Waals surface area (Å²) < 4.78 is 24.2. The first-order valence-electron chi connectivity index (χ1n) is 7.69. The number of halogens is 1. The molecular weight excluding hydrogens is 333 g/mol. The Morgan fingerprint density at radius 2 is 1.96 bits per heavy atom. The number of nitrogens with one attached hydrogen (secondary N) is 1. The van der Waals surface area contributed by atoms with Gasteiger partial charge in [-0.25, -0.2) is 9.18 Å². The maximum Gasteiger partial charge on any atom is 0.340 e. The van der Waals surface area contributed by atoms with E-state index in [4.69, 9.17) is 0 Å². The number of ketones is 1. The Bertz CT molecular complexity index is 797. The third-order valence-corrected chi connectivity index (χ3v) is 4.93. The number of amides is 1. The van der Waals surface area contributed by atoms with Crippen LogP contribution in [0.15, 0.2) is 12.1 Å². The molecule has 3 rings (SSSR count). The maximum absolute atomic E-state index is 15.0. The van der Waals surface area contributed by atoms with E-state index in [1.165, 1.54) is 12.1 Å². The summed E-state index contributed by atoms with van der Waals surface area (Å²) >= 11 is 0. The van der Waals surface area contributed by atoms with Crippen LogP contribution in [0, 0.1) is 11.7 Å². The van der Waals surface area contributed by atoms with Gasteiger partial charge in [-0.3, -0.25) is 14.4 Å². The van der Waals surface area contributed by atoms with Crippen molar-refractivity contribution in [1.82, 2.24) is 0 Å². The fourth-order valence-corrected chi connectivity index (χ4v) is 3.64. The van der Waals surface area contributed by atoms with Gasteiger partial charge in [0.15, 0.2) is 0 Å². The number of rotatable bonds is 2. The fraction of sp³-hybridized carbons (Fsp3) is 0.412. The molecule has 2 aliphatic rings. The Kier molecular flexibility index (Phi) is 4.06. The molecule has 2 atom stereocenters. The SMILES string of the molecule is COC(=O)c1ccc2c(c1F)C1(CCC(=O)C(C(=O)OC)C1)C(=O)N2. The van der Waals surface area contributed by atoms with Crippen LogP contribution in [-0.4, -0.2) is 37.8 Å². The van der Waals surface area contributed by atoms with Crippen molar-refractivity contribution in [3.05, 3.63) is 29.1 Å². The van der Waals surface area contributed by atoms with Gasteiger partial charge in [0.1, 0.15) is 17.5 Å². The average molecular weight is 349 g/mol. The second-order valence-corrected chi connectivity index (χ2v) is 6.12. The van der Waals surface area contributed by atoms with E-state index in [-0.39, 0.29) is 41.9 Å². The first-order valence-corrected chi connectivity index (χ1v) is 7.69. The molecule has 1 aromatic rings. The summed E-state index contributed by atoms with van der Waals surface area (Å²) in [5.74, 6) is -4.48. The molecule has 1 aliphatic heterocycles. The monoisotopic (exact) mass is 349 g/mol. The Morgan fingerprint density at radius 3 is 2.60 bits per heavy atom. The zero-order valence-corrected chi connectivity index (χ0v) is 13.7. The van der Waals surface area contributed by atoms with E-state index in [1.54, 1.807) is 0 Å². The van der Waals surface area contributed by atoms with Crippen molar-refractivity contribution in [3.63, 3.8) is 0 Å². The van der Waals surface area contributed by atoms with Gasteiger partial charge in [-0.1, -0.05) is 0 Å². The highest BCUT2D eigenvalue weighted by Gasteiger charge is 2.55. The standard InChI is InChI=1S/C17H16FNO6/c1-24-14(21)8-3-4-10-12(13(8)18)17(16(23)19-10)6-5-11(20)9(7-17)15(22)25-2/h3-4,9H,5-7H2,1-2H3,(H,19,23). The van der Waals surface area contributed by atoms with E-state index < -0.39 is 35.0 Å². The summed E-state index contributed by atoms with van der Waals surface area (Å²) in [5, 5.41) is 2.58. The highest BCUT2D eigenvalue weighted by atomic mass is 19.1. The molecule has 1 N–H and O–H groups in total. The molecule has 1 saturated carbocycles. The molecular formula is C17H16FNO6. The van der Waals surface area contributed by atoms with Gasteiger partial charge in [-0.05, 0) is 25.0 Å². The largest absolute Gasteiger partial charge is 0.468 e. The summed E-state index contributed by atoms with van der Waals surface area (Å²) in [5.41, 5.74) is -1.46. The van der Waals surface area contributed by atoms with E-state index in [0.717, 1.165) is 14.2 Å². The number of ether oxygens (including phenoxy) is 2. The predicted molar refractivity (Wildman–Crippen MR) is 82.4 cm³/mol. The van der Waals surface area contributed by atoms with Crippen LogP contribution < -0.4 is 5.32 Å². The van der Waals surface area contributed by atoms with E-state index in [9.17, 15) is 19.2 Å². The first kappa shape index (κ1) is 17.1. The molecule has 0 saturated heterocycles. The molecule has 1 spiro atoms. The third kappa shape index (κ3) is 2.40. The molecule has 8 heteroatoms. The predicted octanol–water partition coefficient (Wildman–Crippen LogP) is 1.34. The first-order chi connectivity index (χ1) is 11.9. The molecule has 1 aliphatic carbocycles. The highest BCUT2D eigenvalue weighted by molar-refractivity contribution is 6.10. The van der Waals surface area contributed by atoms with Crippen LogP contribution in [-0.2, 0) is 29.3 Å². The second kappa shape index (κ2) is 5.94. The lowest BCUT2D eigenvalue weighted by Crippen LogP contribution is -2.45. The molecule has 0 radical (unpaired) electrons. The van der Waals surface area contributed by atoms with Crippen LogP contribution in [0.1, 0.15) is 35.2 Å². The quantitative estimate of drug-likeness (QED) is 0.639. The summed E-state index contributed by atoms with van der Waals surface area (Å²) in [6, 6.07) is 2.64. The van der Waals surface area contributed by atoms with E-state index in [2.05, 4.69) is 14.8 Å².